The van der Waals surface area contributed by atoms with Crippen LogP contribution in [0, 0.1) is 5.92 Å². The maximum Gasteiger partial charge on any atom is 0.330 e. The molecule has 1 fully saturated rings. The van der Waals surface area contributed by atoms with Gasteiger partial charge in [0.05, 0.1) is 6.61 Å². The van der Waals surface area contributed by atoms with E-state index < -0.39 is 0 Å². The van der Waals surface area contributed by atoms with Crippen LogP contribution in [0.2, 0.25) is 0 Å². The summed E-state index contributed by atoms with van der Waals surface area (Å²) in [5, 5.41) is 0. The van der Waals surface area contributed by atoms with Crippen molar-refractivity contribution in [3.05, 3.63) is 46.5 Å². The molecule has 0 spiro atoms. The number of hydrogen-bond donors (Lipinski definition) is 0. The smallest absolute Gasteiger partial charge is 0.330 e. The second-order valence-corrected chi connectivity index (χ2v) is 6.19. The van der Waals surface area contributed by atoms with Gasteiger partial charge in [0.2, 0.25) is 0 Å². The quantitative estimate of drug-likeness (QED) is 0.580. The van der Waals surface area contributed by atoms with E-state index in [1.807, 2.05) is 13.0 Å². The second-order valence-electron chi connectivity index (χ2n) is 5.27. The first kappa shape index (κ1) is 15.3. The highest BCUT2D eigenvalue weighted by Crippen LogP contribution is 2.36. The van der Waals surface area contributed by atoms with E-state index in [9.17, 15) is 4.79 Å². The van der Waals surface area contributed by atoms with Crippen molar-refractivity contribution in [1.82, 2.24) is 0 Å². The van der Waals surface area contributed by atoms with E-state index in [2.05, 4.69) is 40.2 Å². The first-order valence-electron chi connectivity index (χ1n) is 7.29. The zero-order chi connectivity index (χ0) is 14.4. The van der Waals surface area contributed by atoms with Crippen molar-refractivity contribution in [2.24, 2.45) is 5.92 Å². The van der Waals surface area contributed by atoms with Crippen LogP contribution in [0.3, 0.4) is 0 Å². The van der Waals surface area contributed by atoms with Gasteiger partial charge in [-0.05, 0) is 62.1 Å². The van der Waals surface area contributed by atoms with E-state index in [0.717, 1.165) is 17.3 Å². The number of allylic oxidation sites excluding steroid dienone is 1. The summed E-state index contributed by atoms with van der Waals surface area (Å²) in [6.45, 7) is 2.27. The third-order valence-electron chi connectivity index (χ3n) is 3.90. The Kier molecular flexibility index (Phi) is 5.84. The van der Waals surface area contributed by atoms with Crippen LogP contribution >= 0.6 is 15.9 Å². The van der Waals surface area contributed by atoms with Crippen molar-refractivity contribution < 1.29 is 9.53 Å². The fraction of sp³-hybridized carbons (Fsp3) is 0.471. The van der Waals surface area contributed by atoms with Crippen molar-refractivity contribution in [2.45, 2.75) is 38.5 Å². The summed E-state index contributed by atoms with van der Waals surface area (Å²) in [6, 6.07) is 8.65. The van der Waals surface area contributed by atoms with Gasteiger partial charge in [-0.1, -0.05) is 34.1 Å². The Morgan fingerprint density at radius 3 is 2.50 bits per heavy atom. The number of carbonyl (C=O) groups excluding carboxylic acids is 1. The lowest BCUT2D eigenvalue weighted by atomic mass is 9.78. The van der Waals surface area contributed by atoms with Gasteiger partial charge in [-0.25, -0.2) is 4.79 Å². The number of carbonyl (C=O) groups is 1. The molecule has 2 nitrogen and oxygen atoms in total. The average molecular weight is 337 g/mol. The predicted molar refractivity (Wildman–Crippen MR) is 84.6 cm³/mol. The molecule has 0 heterocycles. The normalized spacial score (nSPS) is 22.9. The lowest BCUT2D eigenvalue weighted by Crippen LogP contribution is -2.12. The predicted octanol–water partition coefficient (Wildman–Crippen LogP) is 4.84. The van der Waals surface area contributed by atoms with Gasteiger partial charge in [0, 0.05) is 10.5 Å². The molecular weight excluding hydrogens is 316 g/mol. The van der Waals surface area contributed by atoms with Crippen LogP contribution in [-0.4, -0.2) is 12.6 Å². The standard InChI is InChI=1S/C17H21BrO2/c1-2-20-17(19)12-5-13-3-6-14(7-4-13)15-8-10-16(18)11-9-15/h5,8-14H,2-4,6-7H2,1H3. The Morgan fingerprint density at radius 2 is 1.90 bits per heavy atom. The molecule has 0 atom stereocenters. The maximum absolute atomic E-state index is 11.3. The minimum absolute atomic E-state index is 0.220. The van der Waals surface area contributed by atoms with Gasteiger partial charge >= 0.3 is 5.97 Å². The minimum Gasteiger partial charge on any atom is -0.463 e. The van der Waals surface area contributed by atoms with E-state index in [4.69, 9.17) is 4.74 Å². The zero-order valence-electron chi connectivity index (χ0n) is 11.8. The van der Waals surface area contributed by atoms with Crippen molar-refractivity contribution in [2.75, 3.05) is 6.61 Å². The molecule has 1 aliphatic carbocycles. The molecule has 20 heavy (non-hydrogen) atoms. The number of ether oxygens (including phenoxy) is 1. The Hall–Kier alpha value is -1.09. The van der Waals surface area contributed by atoms with Gasteiger partial charge in [-0.3, -0.25) is 0 Å². The van der Waals surface area contributed by atoms with Crippen LogP contribution in [0.25, 0.3) is 0 Å². The summed E-state index contributed by atoms with van der Waals surface area (Å²) in [5.74, 6) is 0.962. The molecule has 0 N–H and O–H groups in total. The zero-order valence-corrected chi connectivity index (χ0v) is 13.4. The van der Waals surface area contributed by atoms with E-state index in [1.165, 1.54) is 18.4 Å². The molecule has 1 aliphatic rings. The molecule has 0 bridgehead atoms. The minimum atomic E-state index is -0.220. The fourth-order valence-corrected chi connectivity index (χ4v) is 3.05. The Labute approximate surface area is 129 Å². The number of rotatable bonds is 4. The molecule has 2 rings (SSSR count). The van der Waals surface area contributed by atoms with Crippen LogP contribution in [-0.2, 0) is 9.53 Å². The van der Waals surface area contributed by atoms with Gasteiger partial charge < -0.3 is 4.74 Å². The highest BCUT2D eigenvalue weighted by atomic mass is 79.9. The van der Waals surface area contributed by atoms with E-state index >= 15 is 0 Å². The van der Waals surface area contributed by atoms with Crippen molar-refractivity contribution in [3.63, 3.8) is 0 Å². The largest absolute Gasteiger partial charge is 0.463 e. The third kappa shape index (κ3) is 4.48. The Morgan fingerprint density at radius 1 is 1.25 bits per heavy atom. The lowest BCUT2D eigenvalue weighted by molar-refractivity contribution is -0.137. The molecule has 0 aromatic heterocycles. The van der Waals surface area contributed by atoms with Crippen LogP contribution in [0.15, 0.2) is 40.9 Å². The van der Waals surface area contributed by atoms with Crippen LogP contribution in [0.1, 0.15) is 44.1 Å². The molecule has 0 amide bonds. The Bertz CT molecular complexity index is 456. The molecule has 0 radical (unpaired) electrons. The highest BCUT2D eigenvalue weighted by molar-refractivity contribution is 9.10. The Balaban J connectivity index is 1.83. The second kappa shape index (κ2) is 7.63. The van der Waals surface area contributed by atoms with Gasteiger partial charge in [-0.2, -0.15) is 0 Å². The number of benzene rings is 1. The summed E-state index contributed by atoms with van der Waals surface area (Å²) in [5.41, 5.74) is 1.43. The summed E-state index contributed by atoms with van der Waals surface area (Å²) in [6.07, 6.45) is 8.30. The van der Waals surface area contributed by atoms with E-state index in [1.54, 1.807) is 6.08 Å². The van der Waals surface area contributed by atoms with E-state index in [-0.39, 0.29) is 5.97 Å². The SMILES string of the molecule is CCOC(=O)C=CC1CCC(c2ccc(Br)cc2)CC1. The number of halogens is 1. The molecule has 1 aromatic carbocycles. The molecule has 0 unspecified atom stereocenters. The van der Waals surface area contributed by atoms with Crippen LogP contribution in [0.4, 0.5) is 0 Å². The topological polar surface area (TPSA) is 26.3 Å². The van der Waals surface area contributed by atoms with E-state index in [0.29, 0.717) is 18.4 Å². The summed E-state index contributed by atoms with van der Waals surface area (Å²) < 4.78 is 6.04. The van der Waals surface area contributed by atoms with Gasteiger partial charge in [0.25, 0.3) is 0 Å². The highest BCUT2D eigenvalue weighted by Gasteiger charge is 2.20. The summed E-state index contributed by atoms with van der Waals surface area (Å²) in [7, 11) is 0. The maximum atomic E-state index is 11.3. The molecule has 3 heteroatoms. The molecule has 108 valence electrons. The van der Waals surface area contributed by atoms with Crippen LogP contribution < -0.4 is 0 Å². The average Bonchev–Trinajstić information content (AvgIpc) is 2.47. The first-order chi connectivity index (χ1) is 9.69. The van der Waals surface area contributed by atoms with Gasteiger partial charge in [-0.15, -0.1) is 0 Å². The third-order valence-corrected chi connectivity index (χ3v) is 4.43. The van der Waals surface area contributed by atoms with Crippen molar-refractivity contribution in [1.29, 1.82) is 0 Å². The lowest BCUT2D eigenvalue weighted by Gasteiger charge is -2.27. The van der Waals surface area contributed by atoms with Crippen LogP contribution in [0.5, 0.6) is 0 Å². The van der Waals surface area contributed by atoms with Gasteiger partial charge in [0.15, 0.2) is 0 Å². The molecule has 0 aliphatic heterocycles. The molecule has 0 saturated heterocycles. The van der Waals surface area contributed by atoms with Crippen molar-refractivity contribution in [3.8, 4) is 0 Å². The first-order valence-corrected chi connectivity index (χ1v) is 8.08. The van der Waals surface area contributed by atoms with Gasteiger partial charge in [0.1, 0.15) is 0 Å². The number of esters is 1. The molecule has 1 saturated carbocycles. The number of hydrogen-bond acceptors (Lipinski definition) is 2. The summed E-state index contributed by atoms with van der Waals surface area (Å²) >= 11 is 3.47. The monoisotopic (exact) mass is 336 g/mol. The summed E-state index contributed by atoms with van der Waals surface area (Å²) in [4.78, 5) is 11.3. The van der Waals surface area contributed by atoms with Crippen molar-refractivity contribution >= 4 is 21.9 Å². The molecular formula is C17H21BrO2. The fourth-order valence-electron chi connectivity index (χ4n) is 2.78. The molecule has 1 aromatic rings.